The van der Waals surface area contributed by atoms with Crippen LogP contribution in [0.4, 0.5) is 0 Å². The predicted octanol–water partition coefficient (Wildman–Crippen LogP) is 3.72. The number of Topliss-reactive ketones (excluding diaryl/α,β-unsaturated/α-hetero) is 1. The Kier molecular flexibility index (Phi) is 5.45. The van der Waals surface area contributed by atoms with Crippen LogP contribution in [0.3, 0.4) is 0 Å². The van der Waals surface area contributed by atoms with E-state index in [0.717, 1.165) is 25.0 Å². The van der Waals surface area contributed by atoms with E-state index in [9.17, 15) is 14.7 Å². The van der Waals surface area contributed by atoms with Crippen molar-refractivity contribution in [1.29, 1.82) is 0 Å². The zero-order chi connectivity index (χ0) is 21.5. The van der Waals surface area contributed by atoms with E-state index in [2.05, 4.69) is 19.2 Å². The molecule has 1 fully saturated rings. The van der Waals surface area contributed by atoms with Crippen LogP contribution in [0.5, 0.6) is 5.75 Å². The molecule has 4 rings (SSSR count). The Morgan fingerprint density at radius 3 is 2.83 bits per heavy atom. The summed E-state index contributed by atoms with van der Waals surface area (Å²) in [5, 5.41) is 13.4. The normalized spacial score (nSPS) is 25.8. The fourth-order valence-corrected chi connectivity index (χ4v) is 4.77. The number of hydrogen-bond acceptors (Lipinski definition) is 6. The number of carbonyl (C=O) groups is 2. The van der Waals surface area contributed by atoms with Gasteiger partial charge in [-0.25, -0.2) is 4.79 Å². The summed E-state index contributed by atoms with van der Waals surface area (Å²) in [6.45, 7) is 6.88. The number of phenolic OH excluding ortho intramolecular Hbond substituents is 1. The average Bonchev–Trinajstić information content (AvgIpc) is 3.17. The van der Waals surface area contributed by atoms with E-state index in [1.54, 1.807) is 18.2 Å². The summed E-state index contributed by atoms with van der Waals surface area (Å²) in [5.41, 5.74) is 3.13. The molecule has 1 aliphatic carbocycles. The number of carbonyl (C=O) groups excluding carboxylic acids is 2. The second-order valence-electron chi connectivity index (χ2n) is 9.26. The molecule has 1 saturated heterocycles. The Labute approximate surface area is 176 Å². The van der Waals surface area contributed by atoms with Crippen LogP contribution in [0.25, 0.3) is 0 Å². The van der Waals surface area contributed by atoms with Crippen LogP contribution >= 0.6 is 0 Å². The molecule has 2 N–H and O–H groups in total. The van der Waals surface area contributed by atoms with Crippen molar-refractivity contribution in [2.75, 3.05) is 13.2 Å². The minimum absolute atomic E-state index is 0.0269. The van der Waals surface area contributed by atoms with Crippen molar-refractivity contribution in [3.05, 3.63) is 52.4 Å². The van der Waals surface area contributed by atoms with Gasteiger partial charge in [0.1, 0.15) is 12.4 Å². The smallest absolute Gasteiger partial charge is 0.336 e. The molecule has 0 spiro atoms. The summed E-state index contributed by atoms with van der Waals surface area (Å²) in [6, 6.07) is 6.77. The third-order valence-electron chi connectivity index (χ3n) is 6.09. The molecule has 6 heteroatoms. The highest BCUT2D eigenvalue weighted by molar-refractivity contribution is 6.04. The zero-order valence-electron chi connectivity index (χ0n) is 17.8. The topological polar surface area (TPSA) is 84.9 Å². The molecule has 30 heavy (non-hydrogen) atoms. The molecule has 2 atom stereocenters. The molecule has 0 aromatic heterocycles. The molecular weight excluding hydrogens is 382 g/mol. The number of ether oxygens (including phenoxy) is 2. The molecule has 1 aromatic carbocycles. The number of phenols is 1. The third-order valence-corrected chi connectivity index (χ3v) is 6.09. The van der Waals surface area contributed by atoms with Gasteiger partial charge in [0.05, 0.1) is 11.7 Å². The van der Waals surface area contributed by atoms with Gasteiger partial charge in [-0.05, 0) is 49.3 Å². The quantitative estimate of drug-likeness (QED) is 0.735. The van der Waals surface area contributed by atoms with Crippen LogP contribution in [-0.2, 0) is 19.1 Å². The van der Waals surface area contributed by atoms with Gasteiger partial charge in [0.25, 0.3) is 0 Å². The van der Waals surface area contributed by atoms with Crippen LogP contribution < -0.4 is 5.32 Å². The Bertz CT molecular complexity index is 937. The lowest BCUT2D eigenvalue weighted by molar-refractivity contribution is -0.142. The van der Waals surface area contributed by atoms with Crippen LogP contribution in [0.1, 0.15) is 57.9 Å². The lowest BCUT2D eigenvalue weighted by atomic mass is 9.68. The van der Waals surface area contributed by atoms with E-state index >= 15 is 0 Å². The number of rotatable bonds is 4. The van der Waals surface area contributed by atoms with Gasteiger partial charge in [-0.15, -0.1) is 0 Å². The number of aromatic hydroxyl groups is 1. The van der Waals surface area contributed by atoms with Gasteiger partial charge in [-0.2, -0.15) is 0 Å². The fourth-order valence-electron chi connectivity index (χ4n) is 4.77. The maximum Gasteiger partial charge on any atom is 0.336 e. The lowest BCUT2D eigenvalue weighted by Gasteiger charge is -2.39. The van der Waals surface area contributed by atoms with E-state index in [1.165, 1.54) is 0 Å². The number of esters is 1. The molecular formula is C24H29NO5. The number of allylic oxidation sites excluding steroid dienone is 3. The Balaban J connectivity index is 1.72. The molecule has 6 nitrogen and oxygen atoms in total. The molecule has 160 valence electrons. The largest absolute Gasteiger partial charge is 0.508 e. The summed E-state index contributed by atoms with van der Waals surface area (Å²) in [4.78, 5) is 26.4. The maximum atomic E-state index is 13.2. The van der Waals surface area contributed by atoms with E-state index in [-0.39, 0.29) is 29.7 Å². The zero-order valence-corrected chi connectivity index (χ0v) is 17.8. The summed E-state index contributed by atoms with van der Waals surface area (Å²) < 4.78 is 11.2. The number of benzene rings is 1. The van der Waals surface area contributed by atoms with Gasteiger partial charge in [0.2, 0.25) is 0 Å². The molecule has 0 bridgehead atoms. The number of dihydropyridines is 1. The van der Waals surface area contributed by atoms with Gasteiger partial charge >= 0.3 is 5.97 Å². The van der Waals surface area contributed by atoms with Crippen molar-refractivity contribution in [2.24, 2.45) is 5.41 Å². The minimum atomic E-state index is -0.561. The summed E-state index contributed by atoms with van der Waals surface area (Å²) in [5.74, 6) is -0.887. The number of nitrogens with one attached hydrogen (secondary N) is 1. The van der Waals surface area contributed by atoms with Crippen molar-refractivity contribution >= 4 is 11.8 Å². The molecule has 2 heterocycles. The first kappa shape index (κ1) is 20.7. The van der Waals surface area contributed by atoms with Gasteiger partial charge < -0.3 is 19.9 Å². The van der Waals surface area contributed by atoms with Crippen molar-refractivity contribution < 1.29 is 24.2 Å². The van der Waals surface area contributed by atoms with Crippen molar-refractivity contribution in [3.8, 4) is 5.75 Å². The van der Waals surface area contributed by atoms with Gasteiger partial charge in [-0.1, -0.05) is 26.0 Å². The molecule has 1 aromatic rings. The first-order valence-corrected chi connectivity index (χ1v) is 10.6. The highest BCUT2D eigenvalue weighted by Crippen LogP contribution is 2.47. The van der Waals surface area contributed by atoms with E-state index < -0.39 is 11.9 Å². The van der Waals surface area contributed by atoms with E-state index in [4.69, 9.17) is 9.47 Å². The SMILES string of the molecule is CC1=C(C(=O)OC[C@@H]2CCCO2)[C@@H](c2cccc(O)c2)C2=C(CC(C)(C)CC2=O)N1. The first-order valence-electron chi connectivity index (χ1n) is 10.6. The van der Waals surface area contributed by atoms with Crippen LogP contribution in [0.15, 0.2) is 46.8 Å². The predicted molar refractivity (Wildman–Crippen MR) is 112 cm³/mol. The molecule has 3 aliphatic rings. The van der Waals surface area contributed by atoms with Crippen molar-refractivity contribution in [1.82, 2.24) is 5.32 Å². The monoisotopic (exact) mass is 411 g/mol. The fraction of sp³-hybridized carbons (Fsp3) is 0.500. The van der Waals surface area contributed by atoms with Gasteiger partial charge in [0.15, 0.2) is 5.78 Å². The average molecular weight is 411 g/mol. The number of hydrogen-bond donors (Lipinski definition) is 2. The molecule has 0 saturated carbocycles. The van der Waals surface area contributed by atoms with Crippen molar-refractivity contribution in [2.45, 2.75) is 58.5 Å². The van der Waals surface area contributed by atoms with Crippen LogP contribution in [0, 0.1) is 5.41 Å². The summed E-state index contributed by atoms with van der Waals surface area (Å²) in [7, 11) is 0. The summed E-state index contributed by atoms with van der Waals surface area (Å²) >= 11 is 0. The third kappa shape index (κ3) is 4.01. The summed E-state index contributed by atoms with van der Waals surface area (Å²) in [6.07, 6.45) is 2.91. The maximum absolute atomic E-state index is 13.2. The minimum Gasteiger partial charge on any atom is -0.508 e. The second kappa shape index (κ2) is 7.91. The van der Waals surface area contributed by atoms with Crippen LogP contribution in [-0.4, -0.2) is 36.2 Å². The Hall–Kier alpha value is -2.60. The molecule has 0 amide bonds. The second-order valence-corrected chi connectivity index (χ2v) is 9.26. The van der Waals surface area contributed by atoms with Crippen LogP contribution in [0.2, 0.25) is 0 Å². The standard InChI is InChI=1S/C24H29NO5/c1-14-20(23(28)30-13-17-8-5-9-29-17)21(15-6-4-7-16(26)10-15)22-18(25-14)11-24(2,3)12-19(22)27/h4,6-7,10,17,21,25-26H,5,8-9,11-13H2,1-3H3/t17-,21+/m0/s1. The molecule has 2 aliphatic heterocycles. The number of ketones is 1. The van der Waals surface area contributed by atoms with E-state index in [0.29, 0.717) is 35.4 Å². The lowest BCUT2D eigenvalue weighted by Crippen LogP contribution is -2.39. The van der Waals surface area contributed by atoms with Gasteiger partial charge in [0, 0.05) is 35.9 Å². The highest BCUT2D eigenvalue weighted by Gasteiger charge is 2.43. The highest BCUT2D eigenvalue weighted by atomic mass is 16.6. The molecule has 0 radical (unpaired) electrons. The Morgan fingerprint density at radius 2 is 2.13 bits per heavy atom. The Morgan fingerprint density at radius 1 is 1.33 bits per heavy atom. The first-order chi connectivity index (χ1) is 14.2. The van der Waals surface area contributed by atoms with E-state index in [1.807, 2.05) is 13.0 Å². The molecule has 0 unspecified atom stereocenters. The van der Waals surface area contributed by atoms with Gasteiger partial charge in [-0.3, -0.25) is 4.79 Å². The van der Waals surface area contributed by atoms with Crippen molar-refractivity contribution in [3.63, 3.8) is 0 Å².